The molecule has 1 heterocycles. The Kier molecular flexibility index (Phi) is 5.55. The molecule has 0 spiro atoms. The van der Waals surface area contributed by atoms with Gasteiger partial charge in [-0.25, -0.2) is 9.48 Å². The molecule has 1 atom stereocenters. The fourth-order valence-electron chi connectivity index (χ4n) is 2.55. The lowest BCUT2D eigenvalue weighted by Crippen LogP contribution is -2.37. The predicted octanol–water partition coefficient (Wildman–Crippen LogP) is 1.87. The number of likely N-dealkylation sites (N-methyl/N-ethyl adjacent to an activating group) is 1. The van der Waals surface area contributed by atoms with Gasteiger partial charge >= 0.3 is 5.97 Å². The number of amides is 1. The molecule has 1 aromatic heterocycles. The van der Waals surface area contributed by atoms with Gasteiger partial charge in [-0.2, -0.15) is 0 Å². The van der Waals surface area contributed by atoms with Gasteiger partial charge in [0.05, 0.1) is 11.3 Å². The summed E-state index contributed by atoms with van der Waals surface area (Å²) in [5.74, 6) is -0.829. The van der Waals surface area contributed by atoms with E-state index in [1.165, 1.54) is 15.9 Å². The molecule has 0 aliphatic carbocycles. The number of nitrogens with zero attached hydrogens (tertiary/aromatic N) is 5. The number of rotatable bonds is 6. The lowest BCUT2D eigenvalue weighted by Gasteiger charge is -2.21. The summed E-state index contributed by atoms with van der Waals surface area (Å²) >= 11 is 0. The number of carbonyl (C=O) groups is 2. The number of hydrogen-bond acceptors (Lipinski definition) is 6. The quantitative estimate of drug-likeness (QED) is 0.620. The van der Waals surface area contributed by atoms with E-state index in [2.05, 4.69) is 15.5 Å². The van der Waals surface area contributed by atoms with Crippen molar-refractivity contribution in [2.45, 2.75) is 19.6 Å². The second kappa shape index (κ2) is 8.22. The van der Waals surface area contributed by atoms with Gasteiger partial charge in [0, 0.05) is 13.6 Å². The van der Waals surface area contributed by atoms with Crippen LogP contribution in [-0.2, 0) is 16.1 Å². The van der Waals surface area contributed by atoms with Crippen molar-refractivity contribution in [3.8, 4) is 5.69 Å². The van der Waals surface area contributed by atoms with Crippen LogP contribution in [-0.4, -0.2) is 50.1 Å². The number of carbonyl (C=O) groups excluding carboxylic acids is 2. The summed E-state index contributed by atoms with van der Waals surface area (Å²) in [6.45, 7) is 2.01. The molecular formula is C19H19N5O3. The Balaban J connectivity index is 1.58. The van der Waals surface area contributed by atoms with E-state index >= 15 is 0 Å². The topological polar surface area (TPSA) is 90.2 Å². The summed E-state index contributed by atoms with van der Waals surface area (Å²) in [5, 5.41) is 10.9. The number of benzene rings is 2. The third-order valence-corrected chi connectivity index (χ3v) is 3.99. The summed E-state index contributed by atoms with van der Waals surface area (Å²) in [7, 11) is 1.68. The van der Waals surface area contributed by atoms with E-state index in [0.29, 0.717) is 17.8 Å². The van der Waals surface area contributed by atoms with Gasteiger partial charge in [-0.15, -0.1) is 5.10 Å². The van der Waals surface area contributed by atoms with Crippen molar-refractivity contribution in [3.63, 3.8) is 0 Å². The van der Waals surface area contributed by atoms with Crippen LogP contribution in [0.25, 0.3) is 5.69 Å². The van der Waals surface area contributed by atoms with E-state index in [1.54, 1.807) is 38.2 Å². The lowest BCUT2D eigenvalue weighted by molar-refractivity contribution is -0.139. The van der Waals surface area contributed by atoms with E-state index in [0.717, 1.165) is 5.56 Å². The normalized spacial score (nSPS) is 11.6. The maximum atomic E-state index is 12.4. The van der Waals surface area contributed by atoms with Gasteiger partial charge in [-0.05, 0) is 47.2 Å². The third-order valence-electron chi connectivity index (χ3n) is 3.99. The van der Waals surface area contributed by atoms with Crippen LogP contribution < -0.4 is 0 Å². The van der Waals surface area contributed by atoms with Gasteiger partial charge in [-0.1, -0.05) is 30.3 Å². The van der Waals surface area contributed by atoms with Crippen molar-refractivity contribution in [2.75, 3.05) is 7.05 Å². The molecular weight excluding hydrogens is 346 g/mol. The molecule has 1 amide bonds. The van der Waals surface area contributed by atoms with E-state index in [9.17, 15) is 9.59 Å². The molecule has 27 heavy (non-hydrogen) atoms. The van der Waals surface area contributed by atoms with Gasteiger partial charge in [0.25, 0.3) is 5.91 Å². The molecule has 2 aromatic carbocycles. The summed E-state index contributed by atoms with van der Waals surface area (Å²) in [6.07, 6.45) is 0.571. The van der Waals surface area contributed by atoms with Gasteiger partial charge in [-0.3, -0.25) is 4.79 Å². The highest BCUT2D eigenvalue weighted by molar-refractivity contribution is 5.92. The number of esters is 1. The minimum atomic E-state index is -0.884. The van der Waals surface area contributed by atoms with Crippen LogP contribution in [0.1, 0.15) is 22.8 Å². The molecule has 0 N–H and O–H groups in total. The zero-order chi connectivity index (χ0) is 19.2. The Morgan fingerprint density at radius 3 is 2.44 bits per heavy atom. The highest BCUT2D eigenvalue weighted by Gasteiger charge is 2.22. The molecule has 0 fully saturated rings. The second-order valence-electron chi connectivity index (χ2n) is 6.03. The molecule has 0 bridgehead atoms. The molecule has 3 rings (SSSR count). The number of tetrazole rings is 1. The fourth-order valence-corrected chi connectivity index (χ4v) is 2.55. The van der Waals surface area contributed by atoms with Crippen molar-refractivity contribution >= 4 is 11.9 Å². The highest BCUT2D eigenvalue weighted by Crippen LogP contribution is 2.11. The first-order valence-corrected chi connectivity index (χ1v) is 8.38. The third kappa shape index (κ3) is 4.55. The van der Waals surface area contributed by atoms with Crippen LogP contribution >= 0.6 is 0 Å². The van der Waals surface area contributed by atoms with Gasteiger partial charge in [0.1, 0.15) is 6.33 Å². The van der Waals surface area contributed by atoms with Crippen LogP contribution in [0, 0.1) is 0 Å². The van der Waals surface area contributed by atoms with Crippen molar-refractivity contribution in [1.82, 2.24) is 25.1 Å². The van der Waals surface area contributed by atoms with Crippen molar-refractivity contribution in [3.05, 3.63) is 72.1 Å². The molecule has 0 aliphatic heterocycles. The molecule has 8 heteroatoms. The zero-order valence-corrected chi connectivity index (χ0v) is 15.0. The van der Waals surface area contributed by atoms with Crippen molar-refractivity contribution in [1.29, 1.82) is 0 Å². The first-order chi connectivity index (χ1) is 13.0. The largest absolute Gasteiger partial charge is 0.449 e. The van der Waals surface area contributed by atoms with E-state index in [1.807, 2.05) is 30.3 Å². The lowest BCUT2D eigenvalue weighted by atomic mass is 10.2. The van der Waals surface area contributed by atoms with E-state index < -0.39 is 12.1 Å². The maximum absolute atomic E-state index is 12.4. The molecule has 0 saturated carbocycles. The monoisotopic (exact) mass is 365 g/mol. The number of aromatic nitrogens is 4. The van der Waals surface area contributed by atoms with Crippen LogP contribution in [0.5, 0.6) is 0 Å². The molecule has 8 nitrogen and oxygen atoms in total. The average molecular weight is 365 g/mol. The van der Waals surface area contributed by atoms with Gasteiger partial charge < -0.3 is 9.64 Å². The molecule has 0 aliphatic rings. The Bertz CT molecular complexity index is 895. The van der Waals surface area contributed by atoms with E-state index in [4.69, 9.17) is 4.74 Å². The number of ether oxygens (including phenoxy) is 1. The highest BCUT2D eigenvalue weighted by atomic mass is 16.5. The zero-order valence-electron chi connectivity index (χ0n) is 15.0. The second-order valence-corrected chi connectivity index (χ2v) is 6.03. The molecule has 0 radical (unpaired) electrons. The average Bonchev–Trinajstić information content (AvgIpc) is 3.23. The first kappa shape index (κ1) is 18.2. The summed E-state index contributed by atoms with van der Waals surface area (Å²) in [4.78, 5) is 26.3. The predicted molar refractivity (Wildman–Crippen MR) is 96.9 cm³/mol. The smallest absolute Gasteiger partial charge is 0.338 e. The molecule has 0 saturated heterocycles. The summed E-state index contributed by atoms with van der Waals surface area (Å²) in [5.41, 5.74) is 2.06. The van der Waals surface area contributed by atoms with Crippen molar-refractivity contribution < 1.29 is 14.3 Å². The van der Waals surface area contributed by atoms with Crippen LogP contribution in [0.15, 0.2) is 60.9 Å². The van der Waals surface area contributed by atoms with Gasteiger partial charge in [0.2, 0.25) is 0 Å². The Morgan fingerprint density at radius 2 is 1.81 bits per heavy atom. The SMILES string of the molecule is C[C@@H](OC(=O)c1ccc(-n2cnnn2)cc1)C(=O)N(C)Cc1ccccc1. The van der Waals surface area contributed by atoms with Gasteiger partial charge in [0.15, 0.2) is 6.10 Å². The van der Waals surface area contributed by atoms with Crippen LogP contribution in [0.3, 0.4) is 0 Å². The minimum absolute atomic E-state index is 0.266. The summed E-state index contributed by atoms with van der Waals surface area (Å²) in [6, 6.07) is 16.2. The molecule has 3 aromatic rings. The first-order valence-electron chi connectivity index (χ1n) is 8.38. The number of hydrogen-bond donors (Lipinski definition) is 0. The Morgan fingerprint density at radius 1 is 1.11 bits per heavy atom. The standard InChI is InChI=1S/C19H19N5O3/c1-14(18(25)23(2)12-15-6-4-3-5-7-15)27-19(26)16-8-10-17(11-9-16)24-13-20-21-22-24/h3-11,13-14H,12H2,1-2H3/t14-/m1/s1. The molecule has 0 unspecified atom stereocenters. The van der Waals surface area contributed by atoms with E-state index in [-0.39, 0.29) is 5.91 Å². The Labute approximate surface area is 156 Å². The maximum Gasteiger partial charge on any atom is 0.338 e. The minimum Gasteiger partial charge on any atom is -0.449 e. The van der Waals surface area contributed by atoms with Crippen molar-refractivity contribution in [2.24, 2.45) is 0 Å². The summed E-state index contributed by atoms with van der Waals surface area (Å²) < 4.78 is 6.78. The molecule has 138 valence electrons. The van der Waals surface area contributed by atoms with Crippen LogP contribution in [0.2, 0.25) is 0 Å². The van der Waals surface area contributed by atoms with Crippen LogP contribution in [0.4, 0.5) is 0 Å². The fraction of sp³-hybridized carbons (Fsp3) is 0.211. The Hall–Kier alpha value is -3.55.